The molecule has 20 heavy (non-hydrogen) atoms. The van der Waals surface area contributed by atoms with E-state index in [1.54, 1.807) is 0 Å². The van der Waals surface area contributed by atoms with Gasteiger partial charge in [0.15, 0.2) is 0 Å². The van der Waals surface area contributed by atoms with Crippen LogP contribution in [0.25, 0.3) is 0 Å². The van der Waals surface area contributed by atoms with Crippen LogP contribution in [-0.2, 0) is 0 Å². The van der Waals surface area contributed by atoms with Gasteiger partial charge in [-0.3, -0.25) is 10.2 Å². The Morgan fingerprint density at radius 1 is 1.40 bits per heavy atom. The molecule has 0 aromatic heterocycles. The molecule has 2 fully saturated rings. The first-order valence-electron chi connectivity index (χ1n) is 8.08. The smallest absolute Gasteiger partial charge is 0.108 e. The van der Waals surface area contributed by atoms with Crippen LogP contribution in [0, 0.1) is 17.2 Å². The highest BCUT2D eigenvalue weighted by molar-refractivity contribution is 5.14. The van der Waals surface area contributed by atoms with Crippen molar-refractivity contribution in [3.63, 3.8) is 0 Å². The fraction of sp³-hybridized carbons (Fsp3) is 0.938. The summed E-state index contributed by atoms with van der Waals surface area (Å²) in [6, 6.07) is 3.81. The highest BCUT2D eigenvalue weighted by Crippen LogP contribution is 2.35. The van der Waals surface area contributed by atoms with Gasteiger partial charge < -0.3 is 4.90 Å². The maximum Gasteiger partial charge on any atom is 0.108 e. The number of rotatable bonds is 5. The van der Waals surface area contributed by atoms with Crippen LogP contribution in [-0.4, -0.2) is 61.2 Å². The zero-order chi connectivity index (χ0) is 14.8. The number of nitrogens with one attached hydrogen (secondary N) is 1. The van der Waals surface area contributed by atoms with Gasteiger partial charge in [0.05, 0.1) is 6.07 Å². The zero-order valence-corrected chi connectivity index (χ0v) is 13.5. The molecule has 2 aliphatic rings. The van der Waals surface area contributed by atoms with Gasteiger partial charge in [-0.2, -0.15) is 5.26 Å². The van der Waals surface area contributed by atoms with E-state index in [1.807, 2.05) is 0 Å². The predicted octanol–water partition coefficient (Wildman–Crippen LogP) is 1.68. The molecule has 0 bridgehead atoms. The normalized spacial score (nSPS) is 38.5. The van der Waals surface area contributed by atoms with E-state index in [4.69, 9.17) is 0 Å². The van der Waals surface area contributed by atoms with Gasteiger partial charge in [-0.05, 0) is 52.2 Å². The zero-order valence-electron chi connectivity index (χ0n) is 13.5. The molecule has 4 nitrogen and oxygen atoms in total. The van der Waals surface area contributed by atoms with Gasteiger partial charge in [0.25, 0.3) is 0 Å². The molecule has 1 heterocycles. The molecular weight excluding hydrogens is 248 g/mol. The molecule has 0 spiro atoms. The van der Waals surface area contributed by atoms with E-state index in [-0.39, 0.29) is 5.54 Å². The largest absolute Gasteiger partial charge is 0.305 e. The Balaban J connectivity index is 1.95. The van der Waals surface area contributed by atoms with Crippen molar-refractivity contribution >= 4 is 0 Å². The molecule has 1 saturated carbocycles. The van der Waals surface area contributed by atoms with Crippen LogP contribution < -0.4 is 5.32 Å². The summed E-state index contributed by atoms with van der Waals surface area (Å²) in [6.07, 6.45) is 4.26. The summed E-state index contributed by atoms with van der Waals surface area (Å²) in [6.45, 7) is 7.81. The van der Waals surface area contributed by atoms with Gasteiger partial charge in [-0.15, -0.1) is 0 Å². The first-order chi connectivity index (χ1) is 9.51. The standard InChI is InChI=1S/C16H30N4/c1-5-8-18-16(12-17)7-6-14(9-16)20-10-13(2)15(11-20)19(3)4/h13-15,18H,5-11H2,1-4H3. The molecule has 2 rings (SSSR count). The van der Waals surface area contributed by atoms with Crippen LogP contribution in [0.4, 0.5) is 0 Å². The Labute approximate surface area is 124 Å². The average molecular weight is 278 g/mol. The van der Waals surface area contributed by atoms with Crippen molar-refractivity contribution in [1.29, 1.82) is 5.26 Å². The van der Waals surface area contributed by atoms with Crippen molar-refractivity contribution in [1.82, 2.24) is 15.1 Å². The lowest BCUT2D eigenvalue weighted by Gasteiger charge is -2.27. The lowest BCUT2D eigenvalue weighted by atomic mass is 9.99. The van der Waals surface area contributed by atoms with E-state index in [0.717, 1.165) is 44.7 Å². The third-order valence-electron chi connectivity index (χ3n) is 5.20. The average Bonchev–Trinajstić information content (AvgIpc) is 3.01. The third-order valence-corrected chi connectivity index (χ3v) is 5.20. The summed E-state index contributed by atoms with van der Waals surface area (Å²) < 4.78 is 0. The van der Waals surface area contributed by atoms with E-state index in [9.17, 15) is 5.26 Å². The van der Waals surface area contributed by atoms with Gasteiger partial charge in [-0.25, -0.2) is 0 Å². The Bertz CT molecular complexity index is 362. The molecule has 1 N–H and O–H groups in total. The minimum atomic E-state index is -0.264. The molecule has 4 atom stereocenters. The fourth-order valence-corrected chi connectivity index (χ4v) is 3.95. The van der Waals surface area contributed by atoms with Crippen molar-refractivity contribution < 1.29 is 0 Å². The lowest BCUT2D eigenvalue weighted by Crippen LogP contribution is -2.44. The SMILES string of the molecule is CCCNC1(C#N)CCC(N2CC(C)C(N(C)C)C2)C1. The lowest BCUT2D eigenvalue weighted by molar-refractivity contribution is 0.211. The van der Waals surface area contributed by atoms with Gasteiger partial charge in [0.2, 0.25) is 0 Å². The molecule has 114 valence electrons. The van der Waals surface area contributed by atoms with Crippen LogP contribution in [0.3, 0.4) is 0 Å². The summed E-state index contributed by atoms with van der Waals surface area (Å²) in [5.74, 6) is 0.727. The van der Waals surface area contributed by atoms with E-state index < -0.39 is 0 Å². The molecule has 0 radical (unpaired) electrons. The topological polar surface area (TPSA) is 42.3 Å². The second kappa shape index (κ2) is 6.43. The Hall–Kier alpha value is -0.630. The summed E-state index contributed by atoms with van der Waals surface area (Å²) >= 11 is 0. The van der Waals surface area contributed by atoms with E-state index >= 15 is 0 Å². The molecule has 0 aromatic rings. The summed E-state index contributed by atoms with van der Waals surface area (Å²) in [7, 11) is 4.36. The number of nitrogens with zero attached hydrogens (tertiary/aromatic N) is 3. The highest BCUT2D eigenvalue weighted by Gasteiger charge is 2.44. The monoisotopic (exact) mass is 278 g/mol. The van der Waals surface area contributed by atoms with Crippen LogP contribution in [0.1, 0.15) is 39.5 Å². The van der Waals surface area contributed by atoms with Crippen LogP contribution in [0.5, 0.6) is 0 Å². The Morgan fingerprint density at radius 2 is 2.15 bits per heavy atom. The summed E-state index contributed by atoms with van der Waals surface area (Å²) in [5, 5.41) is 13.1. The maximum absolute atomic E-state index is 9.56. The number of likely N-dealkylation sites (N-methyl/N-ethyl adjacent to an activating group) is 1. The highest BCUT2D eigenvalue weighted by atomic mass is 15.3. The third kappa shape index (κ3) is 3.16. The van der Waals surface area contributed by atoms with Crippen LogP contribution >= 0.6 is 0 Å². The molecule has 4 heteroatoms. The number of nitriles is 1. The quantitative estimate of drug-likeness (QED) is 0.831. The maximum atomic E-state index is 9.56. The summed E-state index contributed by atoms with van der Waals surface area (Å²) in [4.78, 5) is 4.98. The van der Waals surface area contributed by atoms with E-state index in [0.29, 0.717) is 12.1 Å². The van der Waals surface area contributed by atoms with Crippen molar-refractivity contribution in [3.8, 4) is 6.07 Å². The number of hydrogen-bond acceptors (Lipinski definition) is 4. The molecule has 1 aliphatic heterocycles. The minimum absolute atomic E-state index is 0.264. The first kappa shape index (κ1) is 15.8. The molecule has 0 aromatic carbocycles. The van der Waals surface area contributed by atoms with Crippen LogP contribution in [0.15, 0.2) is 0 Å². The van der Waals surface area contributed by atoms with Crippen LogP contribution in [0.2, 0.25) is 0 Å². The number of hydrogen-bond donors (Lipinski definition) is 1. The molecule has 4 unspecified atom stereocenters. The summed E-state index contributed by atoms with van der Waals surface area (Å²) in [5.41, 5.74) is -0.264. The van der Waals surface area contributed by atoms with Crippen molar-refractivity contribution in [2.75, 3.05) is 33.7 Å². The van der Waals surface area contributed by atoms with Crippen molar-refractivity contribution in [2.45, 2.75) is 57.2 Å². The molecule has 1 saturated heterocycles. The minimum Gasteiger partial charge on any atom is -0.305 e. The first-order valence-corrected chi connectivity index (χ1v) is 8.08. The second-order valence-electron chi connectivity index (χ2n) is 6.98. The molecular formula is C16H30N4. The van der Waals surface area contributed by atoms with Gasteiger partial charge in [-0.1, -0.05) is 13.8 Å². The van der Waals surface area contributed by atoms with E-state index in [1.165, 1.54) is 6.54 Å². The molecule has 0 amide bonds. The number of likely N-dealkylation sites (tertiary alicyclic amines) is 1. The molecule has 1 aliphatic carbocycles. The van der Waals surface area contributed by atoms with Crippen molar-refractivity contribution in [3.05, 3.63) is 0 Å². The van der Waals surface area contributed by atoms with Gasteiger partial charge in [0.1, 0.15) is 5.54 Å². The van der Waals surface area contributed by atoms with Crippen molar-refractivity contribution in [2.24, 2.45) is 5.92 Å². The Kier molecular flexibility index (Phi) is 5.06. The predicted molar refractivity (Wildman–Crippen MR) is 82.5 cm³/mol. The van der Waals surface area contributed by atoms with Gasteiger partial charge in [0, 0.05) is 25.2 Å². The van der Waals surface area contributed by atoms with Gasteiger partial charge >= 0.3 is 0 Å². The second-order valence-corrected chi connectivity index (χ2v) is 6.98. The Morgan fingerprint density at radius 3 is 2.70 bits per heavy atom. The van der Waals surface area contributed by atoms with E-state index in [2.05, 4.69) is 49.1 Å². The fourth-order valence-electron chi connectivity index (χ4n) is 3.95.